The zero-order valence-corrected chi connectivity index (χ0v) is 11.1. The summed E-state index contributed by atoms with van der Waals surface area (Å²) in [7, 11) is 2.15. The Kier molecular flexibility index (Phi) is 4.18. The summed E-state index contributed by atoms with van der Waals surface area (Å²) in [5.41, 5.74) is 1.27. The predicted molar refractivity (Wildman–Crippen MR) is 70.9 cm³/mol. The van der Waals surface area contributed by atoms with Crippen LogP contribution in [0.15, 0.2) is 24.5 Å². The van der Waals surface area contributed by atoms with Gasteiger partial charge in [0.15, 0.2) is 5.12 Å². The molecule has 1 aromatic rings. The summed E-state index contributed by atoms with van der Waals surface area (Å²) in [6.07, 6.45) is 4.91. The number of hydrogen-bond donors (Lipinski definition) is 0. The fraction of sp³-hybridized carbons (Fsp3) is 0.538. The second kappa shape index (κ2) is 5.65. The van der Waals surface area contributed by atoms with Crippen LogP contribution in [0, 0.1) is 5.92 Å². The Balaban J connectivity index is 2.09. The maximum atomic E-state index is 11.1. The maximum Gasteiger partial charge on any atom is 0.185 e. The first kappa shape index (κ1) is 12.6. The smallest absolute Gasteiger partial charge is 0.185 e. The summed E-state index contributed by atoms with van der Waals surface area (Å²) >= 11 is 1.44. The lowest BCUT2D eigenvalue weighted by Crippen LogP contribution is -2.22. The summed E-state index contributed by atoms with van der Waals surface area (Å²) in [6.45, 7) is 2.74. The van der Waals surface area contributed by atoms with Crippen LogP contribution in [0.3, 0.4) is 0 Å². The van der Waals surface area contributed by atoms with Crippen molar-refractivity contribution in [1.82, 2.24) is 9.88 Å². The molecule has 0 bridgehead atoms. The number of thioether (sulfide) groups is 1. The molecule has 1 saturated heterocycles. The lowest BCUT2D eigenvalue weighted by molar-refractivity contribution is -0.109. The number of likely N-dealkylation sites (tertiary alicyclic amines) is 1. The van der Waals surface area contributed by atoms with E-state index in [1.165, 1.54) is 17.3 Å². The van der Waals surface area contributed by atoms with Gasteiger partial charge in [-0.05, 0) is 37.6 Å². The van der Waals surface area contributed by atoms with Crippen LogP contribution >= 0.6 is 11.8 Å². The number of aromatic nitrogens is 1. The number of hydrogen-bond acceptors (Lipinski definition) is 4. The third-order valence-corrected chi connectivity index (χ3v) is 4.30. The van der Waals surface area contributed by atoms with E-state index < -0.39 is 0 Å². The van der Waals surface area contributed by atoms with Crippen LogP contribution in [-0.4, -0.2) is 34.3 Å². The molecule has 0 spiro atoms. The van der Waals surface area contributed by atoms with Crippen molar-refractivity contribution in [2.75, 3.05) is 19.3 Å². The Morgan fingerprint density at radius 3 is 3.12 bits per heavy atom. The van der Waals surface area contributed by atoms with Crippen molar-refractivity contribution in [1.29, 1.82) is 0 Å². The highest BCUT2D eigenvalue weighted by atomic mass is 32.2. The lowest BCUT2D eigenvalue weighted by Gasteiger charge is -2.24. The molecule has 17 heavy (non-hydrogen) atoms. The fourth-order valence-corrected chi connectivity index (χ4v) is 3.30. The molecule has 2 atom stereocenters. The van der Waals surface area contributed by atoms with Crippen LogP contribution < -0.4 is 0 Å². The van der Waals surface area contributed by atoms with E-state index in [9.17, 15) is 4.79 Å². The predicted octanol–water partition coefficient (Wildman–Crippen LogP) is 2.35. The van der Waals surface area contributed by atoms with Gasteiger partial charge >= 0.3 is 0 Å². The van der Waals surface area contributed by atoms with E-state index >= 15 is 0 Å². The van der Waals surface area contributed by atoms with Gasteiger partial charge in [0.25, 0.3) is 0 Å². The molecular weight excluding hydrogens is 232 g/mol. The zero-order chi connectivity index (χ0) is 12.3. The average molecular weight is 250 g/mol. The molecule has 1 fully saturated rings. The molecule has 1 aliphatic rings. The van der Waals surface area contributed by atoms with Crippen molar-refractivity contribution in [3.63, 3.8) is 0 Å². The van der Waals surface area contributed by atoms with E-state index in [0.717, 1.165) is 18.7 Å². The van der Waals surface area contributed by atoms with E-state index in [0.29, 0.717) is 12.0 Å². The summed E-state index contributed by atoms with van der Waals surface area (Å²) in [4.78, 5) is 17.6. The summed E-state index contributed by atoms with van der Waals surface area (Å²) in [6, 6.07) is 4.53. The Hall–Kier alpha value is -0.870. The van der Waals surface area contributed by atoms with Crippen LogP contribution in [-0.2, 0) is 4.79 Å². The van der Waals surface area contributed by atoms with Crippen LogP contribution in [0.2, 0.25) is 0 Å². The van der Waals surface area contributed by atoms with Gasteiger partial charge in [-0.1, -0.05) is 17.8 Å². The number of carbonyl (C=O) groups is 1. The lowest BCUT2D eigenvalue weighted by atomic mass is 9.97. The van der Waals surface area contributed by atoms with Gasteiger partial charge in [0.05, 0.1) is 0 Å². The van der Waals surface area contributed by atoms with Gasteiger partial charge < -0.3 is 0 Å². The SMILES string of the molecule is CC(=O)SC[C@H]1CCN(C)[C@@H]1c1cccnc1. The Labute approximate surface area is 107 Å². The number of pyridine rings is 1. The van der Waals surface area contributed by atoms with Gasteiger partial charge in [0.1, 0.15) is 0 Å². The van der Waals surface area contributed by atoms with Crippen molar-refractivity contribution < 1.29 is 4.79 Å². The van der Waals surface area contributed by atoms with Crippen molar-refractivity contribution in [3.05, 3.63) is 30.1 Å². The van der Waals surface area contributed by atoms with Crippen LogP contribution in [0.25, 0.3) is 0 Å². The second-order valence-electron chi connectivity index (χ2n) is 4.56. The van der Waals surface area contributed by atoms with Gasteiger partial charge in [0.2, 0.25) is 0 Å². The normalized spacial score (nSPS) is 25.1. The molecule has 3 nitrogen and oxygen atoms in total. The van der Waals surface area contributed by atoms with Crippen LogP contribution in [0.5, 0.6) is 0 Å². The minimum atomic E-state index is 0.212. The van der Waals surface area contributed by atoms with Crippen molar-refractivity contribution >= 4 is 16.9 Å². The van der Waals surface area contributed by atoms with E-state index in [1.54, 1.807) is 13.1 Å². The molecule has 92 valence electrons. The minimum Gasteiger partial charge on any atom is -0.299 e. The van der Waals surface area contributed by atoms with Crippen molar-refractivity contribution in [2.24, 2.45) is 5.92 Å². The second-order valence-corrected chi connectivity index (χ2v) is 5.76. The summed E-state index contributed by atoms with van der Waals surface area (Å²) < 4.78 is 0. The molecule has 0 amide bonds. The molecule has 2 heterocycles. The highest BCUT2D eigenvalue weighted by Crippen LogP contribution is 2.37. The third kappa shape index (κ3) is 3.07. The first-order valence-corrected chi connectivity index (χ1v) is 6.90. The number of nitrogens with zero attached hydrogens (tertiary/aromatic N) is 2. The van der Waals surface area contributed by atoms with Gasteiger partial charge in [0, 0.05) is 31.1 Å². The van der Waals surface area contributed by atoms with Crippen LogP contribution in [0.4, 0.5) is 0 Å². The van der Waals surface area contributed by atoms with Gasteiger partial charge in [-0.2, -0.15) is 0 Å². The number of rotatable bonds is 3. The highest BCUT2D eigenvalue weighted by molar-refractivity contribution is 8.13. The monoisotopic (exact) mass is 250 g/mol. The van der Waals surface area contributed by atoms with Gasteiger partial charge in [-0.3, -0.25) is 14.7 Å². The molecule has 4 heteroatoms. The molecule has 0 aromatic carbocycles. The molecule has 0 radical (unpaired) electrons. The third-order valence-electron chi connectivity index (χ3n) is 3.30. The molecule has 2 rings (SSSR count). The zero-order valence-electron chi connectivity index (χ0n) is 10.3. The van der Waals surface area contributed by atoms with Crippen molar-refractivity contribution in [2.45, 2.75) is 19.4 Å². The number of carbonyl (C=O) groups excluding carboxylic acids is 1. The van der Waals surface area contributed by atoms with E-state index in [4.69, 9.17) is 0 Å². The van der Waals surface area contributed by atoms with Gasteiger partial charge in [-0.15, -0.1) is 0 Å². The van der Waals surface area contributed by atoms with E-state index in [-0.39, 0.29) is 5.12 Å². The maximum absolute atomic E-state index is 11.1. The Morgan fingerprint density at radius 1 is 1.65 bits per heavy atom. The standard InChI is InChI=1S/C13H18N2OS/c1-10(16)17-9-12-5-7-15(2)13(12)11-4-3-6-14-8-11/h3-4,6,8,12-13H,5,7,9H2,1-2H3/t12-,13-/m1/s1. The average Bonchev–Trinajstić information content (AvgIpc) is 2.69. The summed E-state index contributed by atoms with van der Waals surface area (Å²) in [5.74, 6) is 1.47. The largest absolute Gasteiger partial charge is 0.299 e. The summed E-state index contributed by atoms with van der Waals surface area (Å²) in [5, 5.41) is 0.212. The van der Waals surface area contributed by atoms with E-state index in [2.05, 4.69) is 23.0 Å². The first-order valence-electron chi connectivity index (χ1n) is 5.92. The quantitative estimate of drug-likeness (QED) is 0.824. The first-order chi connectivity index (χ1) is 8.18. The molecule has 0 saturated carbocycles. The van der Waals surface area contributed by atoms with Gasteiger partial charge in [-0.25, -0.2) is 0 Å². The van der Waals surface area contributed by atoms with Crippen LogP contribution in [0.1, 0.15) is 24.9 Å². The molecule has 1 aliphatic heterocycles. The molecule has 0 unspecified atom stereocenters. The Bertz CT molecular complexity index is 382. The molecule has 0 aliphatic carbocycles. The highest BCUT2D eigenvalue weighted by Gasteiger charge is 2.33. The molecule has 0 N–H and O–H groups in total. The van der Waals surface area contributed by atoms with Crippen molar-refractivity contribution in [3.8, 4) is 0 Å². The van der Waals surface area contributed by atoms with E-state index in [1.807, 2.05) is 12.3 Å². The Morgan fingerprint density at radius 2 is 2.47 bits per heavy atom. The molecule has 1 aromatic heterocycles. The fourth-order valence-electron chi connectivity index (χ4n) is 2.50. The topological polar surface area (TPSA) is 33.2 Å². The molecular formula is C13H18N2OS. The minimum absolute atomic E-state index is 0.212.